The molecule has 0 aromatic heterocycles. The molecule has 14 heteroatoms. The van der Waals surface area contributed by atoms with Crippen LogP contribution in [0.4, 0.5) is 4.79 Å². The number of hydrazone groups is 1. The number of rotatable bonds is 14. The van der Waals surface area contributed by atoms with Crippen LogP contribution in [0.25, 0.3) is 0 Å². The van der Waals surface area contributed by atoms with Crippen LogP contribution in [0.5, 0.6) is 23.0 Å². The zero-order chi connectivity index (χ0) is 33.9. The van der Waals surface area contributed by atoms with Gasteiger partial charge in [-0.3, -0.25) is 4.79 Å². The number of halogens is 2. The summed E-state index contributed by atoms with van der Waals surface area (Å²) in [5.74, 6) is 0.318. The Kier molecular flexibility index (Phi) is 12.7. The van der Waals surface area contributed by atoms with E-state index in [9.17, 15) is 14.4 Å². The number of hydrogen-bond donors (Lipinski definition) is 3. The van der Waals surface area contributed by atoms with E-state index in [1.54, 1.807) is 44.2 Å². The second-order valence-corrected chi connectivity index (χ2v) is 11.6. The van der Waals surface area contributed by atoms with Crippen LogP contribution in [0.1, 0.15) is 43.5 Å². The third-order valence-corrected chi connectivity index (χ3v) is 7.68. The van der Waals surface area contributed by atoms with E-state index in [-0.39, 0.29) is 30.3 Å². The van der Waals surface area contributed by atoms with Gasteiger partial charge in [-0.25, -0.2) is 15.0 Å². The van der Waals surface area contributed by atoms with Gasteiger partial charge in [-0.05, 0) is 96.5 Å². The first-order valence-electron chi connectivity index (χ1n) is 14.5. The minimum atomic E-state index is -0.784. The first-order valence-corrected chi connectivity index (χ1v) is 16.0. The monoisotopic (exact) mass is 776 g/mol. The van der Waals surface area contributed by atoms with Gasteiger partial charge in [0, 0.05) is 9.27 Å². The second kappa shape index (κ2) is 16.9. The highest BCUT2D eigenvalue weighted by Gasteiger charge is 2.32. The highest BCUT2D eigenvalue weighted by Crippen LogP contribution is 2.37. The standard InChI is InChI=1S/C33H34ClIN4O8/c1-5-44-27-14-21(13-24(34)31(27)47-17-20-7-10-23(35)11-8-20)16-36-39-28(40)18-46-25-12-9-22(15-26(25)43-4)30-29(32(41)45-6-2)19(3)37-33(42)38-30/h7-16,30H,5-6,17-18H2,1-4H3,(H,39,40)(H2,37,38,42)/b36-16-/t30-/m1/s1. The summed E-state index contributed by atoms with van der Waals surface area (Å²) >= 11 is 8.77. The summed E-state index contributed by atoms with van der Waals surface area (Å²) in [5, 5.41) is 9.67. The summed E-state index contributed by atoms with van der Waals surface area (Å²) in [7, 11) is 1.44. The van der Waals surface area contributed by atoms with Gasteiger partial charge >= 0.3 is 12.0 Å². The van der Waals surface area contributed by atoms with E-state index in [1.165, 1.54) is 13.3 Å². The SMILES string of the molecule is CCOC(=O)C1=C(C)NC(=O)N[C@@H]1c1ccc(OCC(=O)N/N=C\c2cc(Cl)c(OCc3ccc(I)cc3)c(OCC)c2)c(OC)c1. The van der Waals surface area contributed by atoms with Crippen molar-refractivity contribution in [1.82, 2.24) is 16.1 Å². The van der Waals surface area contributed by atoms with Gasteiger partial charge in [0.1, 0.15) is 6.61 Å². The minimum Gasteiger partial charge on any atom is -0.493 e. The Labute approximate surface area is 290 Å². The molecular formula is C33H34ClIN4O8. The molecule has 0 saturated carbocycles. The average Bonchev–Trinajstić information content (AvgIpc) is 3.04. The topological polar surface area (TPSA) is 146 Å². The molecule has 1 atom stereocenters. The molecule has 3 aromatic carbocycles. The Morgan fingerprint density at radius 1 is 1.00 bits per heavy atom. The fourth-order valence-corrected chi connectivity index (χ4v) is 5.20. The molecule has 248 valence electrons. The Balaban J connectivity index is 1.38. The number of ether oxygens (including phenoxy) is 5. The fraction of sp³-hybridized carbons (Fsp3) is 0.273. The number of allylic oxidation sites excluding steroid dienone is 1. The molecule has 3 N–H and O–H groups in total. The van der Waals surface area contributed by atoms with Crippen molar-refractivity contribution >= 4 is 58.3 Å². The Morgan fingerprint density at radius 2 is 1.77 bits per heavy atom. The van der Waals surface area contributed by atoms with Crippen molar-refractivity contribution in [3.63, 3.8) is 0 Å². The lowest BCUT2D eigenvalue weighted by atomic mass is 9.95. The van der Waals surface area contributed by atoms with Gasteiger partial charge in [0.05, 0.1) is 43.2 Å². The molecule has 0 aliphatic carbocycles. The summed E-state index contributed by atoms with van der Waals surface area (Å²) in [5.41, 5.74) is 5.18. The molecule has 1 heterocycles. The first-order chi connectivity index (χ1) is 22.6. The van der Waals surface area contributed by atoms with Crippen molar-refractivity contribution in [1.29, 1.82) is 0 Å². The van der Waals surface area contributed by atoms with Gasteiger partial charge in [-0.15, -0.1) is 0 Å². The van der Waals surface area contributed by atoms with Crippen LogP contribution >= 0.6 is 34.2 Å². The van der Waals surface area contributed by atoms with Gasteiger partial charge in [-0.1, -0.05) is 29.8 Å². The van der Waals surface area contributed by atoms with Gasteiger partial charge < -0.3 is 34.3 Å². The van der Waals surface area contributed by atoms with E-state index in [1.807, 2.05) is 31.2 Å². The van der Waals surface area contributed by atoms with Crippen molar-refractivity contribution in [2.24, 2.45) is 5.10 Å². The van der Waals surface area contributed by atoms with E-state index < -0.39 is 23.9 Å². The number of urea groups is 1. The summed E-state index contributed by atoms with van der Waals surface area (Å²) in [4.78, 5) is 37.3. The molecule has 0 fully saturated rings. The number of hydrogen-bond acceptors (Lipinski definition) is 9. The molecule has 3 aromatic rings. The lowest BCUT2D eigenvalue weighted by Gasteiger charge is -2.28. The van der Waals surface area contributed by atoms with E-state index >= 15 is 0 Å². The van der Waals surface area contributed by atoms with Crippen LogP contribution in [-0.2, 0) is 20.9 Å². The zero-order valence-electron chi connectivity index (χ0n) is 26.1. The molecule has 1 aliphatic rings. The Bertz CT molecular complexity index is 1680. The molecular weight excluding hydrogens is 743 g/mol. The number of methoxy groups -OCH3 is 1. The van der Waals surface area contributed by atoms with Crippen molar-refractivity contribution in [3.8, 4) is 23.0 Å². The minimum absolute atomic E-state index is 0.177. The molecule has 0 saturated heterocycles. The number of nitrogens with zero attached hydrogens (tertiary/aromatic N) is 1. The van der Waals surface area contributed by atoms with Gasteiger partial charge in [0.25, 0.3) is 5.91 Å². The number of carbonyl (C=O) groups is 3. The average molecular weight is 777 g/mol. The molecule has 0 radical (unpaired) electrons. The van der Waals surface area contributed by atoms with Crippen molar-refractivity contribution < 1.29 is 38.1 Å². The van der Waals surface area contributed by atoms with Gasteiger partial charge in [0.15, 0.2) is 29.6 Å². The summed E-state index contributed by atoms with van der Waals surface area (Å²) in [6.45, 7) is 5.68. The molecule has 47 heavy (non-hydrogen) atoms. The van der Waals surface area contributed by atoms with E-state index in [0.29, 0.717) is 46.6 Å². The van der Waals surface area contributed by atoms with Crippen LogP contribution < -0.4 is 35.0 Å². The maximum Gasteiger partial charge on any atom is 0.338 e. The van der Waals surface area contributed by atoms with Gasteiger partial charge in [0.2, 0.25) is 0 Å². The van der Waals surface area contributed by atoms with E-state index in [4.69, 9.17) is 35.3 Å². The quantitative estimate of drug-likeness (QED) is 0.0825. The zero-order valence-corrected chi connectivity index (χ0v) is 29.1. The number of benzene rings is 3. The largest absolute Gasteiger partial charge is 0.493 e. The number of esters is 1. The second-order valence-electron chi connectivity index (χ2n) is 9.96. The normalized spacial score (nSPS) is 14.3. The predicted octanol–water partition coefficient (Wildman–Crippen LogP) is 5.65. The number of carbonyl (C=O) groups excluding carboxylic acids is 3. The van der Waals surface area contributed by atoms with Crippen LogP contribution in [0.15, 0.2) is 71.0 Å². The Hall–Kier alpha value is -4.50. The third-order valence-electron chi connectivity index (χ3n) is 6.68. The third kappa shape index (κ3) is 9.51. The van der Waals surface area contributed by atoms with Gasteiger partial charge in [-0.2, -0.15) is 5.10 Å². The van der Waals surface area contributed by atoms with E-state index in [2.05, 4.69) is 43.8 Å². The predicted molar refractivity (Wildman–Crippen MR) is 184 cm³/mol. The van der Waals surface area contributed by atoms with Crippen molar-refractivity contribution in [2.45, 2.75) is 33.4 Å². The Morgan fingerprint density at radius 3 is 2.47 bits per heavy atom. The molecule has 1 aliphatic heterocycles. The molecule has 0 spiro atoms. The summed E-state index contributed by atoms with van der Waals surface area (Å²) in [6.07, 6.45) is 1.43. The highest BCUT2D eigenvalue weighted by atomic mass is 127. The van der Waals surface area contributed by atoms with Crippen molar-refractivity contribution in [2.75, 3.05) is 26.9 Å². The van der Waals surface area contributed by atoms with Crippen molar-refractivity contribution in [3.05, 3.63) is 91.2 Å². The lowest BCUT2D eigenvalue weighted by Crippen LogP contribution is -2.45. The molecule has 0 unspecified atom stereocenters. The maximum atomic E-state index is 12.6. The molecule has 4 rings (SSSR count). The molecule has 3 amide bonds. The smallest absolute Gasteiger partial charge is 0.338 e. The van der Waals surface area contributed by atoms with E-state index in [0.717, 1.165) is 9.13 Å². The number of nitrogens with one attached hydrogen (secondary N) is 3. The summed E-state index contributed by atoms with van der Waals surface area (Å²) < 4.78 is 29.2. The first kappa shape index (κ1) is 35.4. The lowest BCUT2D eigenvalue weighted by molar-refractivity contribution is -0.139. The molecule has 12 nitrogen and oxygen atoms in total. The maximum absolute atomic E-state index is 12.6. The summed E-state index contributed by atoms with van der Waals surface area (Å²) in [6, 6.07) is 14.9. The van der Waals surface area contributed by atoms with Crippen LogP contribution in [-0.4, -0.2) is 51.1 Å². The highest BCUT2D eigenvalue weighted by molar-refractivity contribution is 14.1. The number of amides is 3. The van der Waals surface area contributed by atoms with Crippen LogP contribution in [0, 0.1) is 3.57 Å². The van der Waals surface area contributed by atoms with Crippen LogP contribution in [0.2, 0.25) is 5.02 Å². The molecule has 0 bridgehead atoms. The van der Waals surface area contributed by atoms with Crippen LogP contribution in [0.3, 0.4) is 0 Å². The fourth-order valence-electron chi connectivity index (χ4n) is 4.56.